The lowest BCUT2D eigenvalue weighted by Gasteiger charge is -2.22. The molecule has 0 aliphatic carbocycles. The Balaban J connectivity index is 1.77. The van der Waals surface area contributed by atoms with Crippen LogP contribution in [0.3, 0.4) is 0 Å². The van der Waals surface area contributed by atoms with Gasteiger partial charge in [0, 0.05) is 5.41 Å². The molecule has 0 unspecified atom stereocenters. The Morgan fingerprint density at radius 2 is 1.40 bits per heavy atom. The van der Waals surface area contributed by atoms with Gasteiger partial charge < -0.3 is 9.47 Å². The van der Waals surface area contributed by atoms with Crippen molar-refractivity contribution >= 4 is 5.78 Å². The summed E-state index contributed by atoms with van der Waals surface area (Å²) in [4.78, 5) is 12.3. The average molecular weight is 411 g/mol. The predicted octanol–water partition coefficient (Wildman–Crippen LogP) is 6.83. The average Bonchev–Trinajstić information content (AvgIpc) is 2.72. The molecular weight excluding hydrogens is 372 g/mol. The van der Waals surface area contributed by atoms with Crippen LogP contribution >= 0.6 is 0 Å². The molecule has 0 fully saturated rings. The van der Waals surface area contributed by atoms with Crippen molar-refractivity contribution in [3.8, 4) is 16.9 Å². The van der Waals surface area contributed by atoms with Crippen molar-refractivity contribution in [2.75, 3.05) is 19.8 Å². The third-order valence-corrected chi connectivity index (χ3v) is 5.58. The van der Waals surface area contributed by atoms with E-state index in [1.807, 2.05) is 26.0 Å². The number of carbonyl (C=O) groups is 1. The molecule has 2 aromatic rings. The molecule has 0 saturated heterocycles. The highest BCUT2D eigenvalue weighted by atomic mass is 16.5. The van der Waals surface area contributed by atoms with Crippen molar-refractivity contribution in [2.24, 2.45) is 5.41 Å². The van der Waals surface area contributed by atoms with Gasteiger partial charge in [-0.2, -0.15) is 0 Å². The summed E-state index contributed by atoms with van der Waals surface area (Å²) in [5, 5.41) is 0. The van der Waals surface area contributed by atoms with Crippen LogP contribution in [0.2, 0.25) is 0 Å². The lowest BCUT2D eigenvalue weighted by molar-refractivity contribution is -0.132. The van der Waals surface area contributed by atoms with Crippen LogP contribution in [0.1, 0.15) is 66.4 Å². The first-order valence-electron chi connectivity index (χ1n) is 11.1. The largest absolute Gasteiger partial charge is 0.491 e. The number of carbonyl (C=O) groups excluding carboxylic acids is 1. The normalized spacial score (nSPS) is 12.1. The van der Waals surface area contributed by atoms with Gasteiger partial charge in [0.2, 0.25) is 0 Å². The number of ether oxygens (including phenoxy) is 2. The second-order valence-corrected chi connectivity index (χ2v) is 9.66. The Morgan fingerprint density at radius 3 is 1.93 bits per heavy atom. The van der Waals surface area contributed by atoms with Crippen LogP contribution in [0.15, 0.2) is 48.5 Å². The fourth-order valence-electron chi connectivity index (χ4n) is 3.24. The van der Waals surface area contributed by atoms with E-state index in [0.29, 0.717) is 13.2 Å². The van der Waals surface area contributed by atoms with Crippen LogP contribution in [-0.2, 0) is 14.9 Å². The zero-order valence-corrected chi connectivity index (χ0v) is 19.6. The van der Waals surface area contributed by atoms with E-state index in [1.54, 1.807) is 0 Å². The molecule has 0 radical (unpaired) electrons. The van der Waals surface area contributed by atoms with Gasteiger partial charge in [-0.05, 0) is 40.7 Å². The summed E-state index contributed by atoms with van der Waals surface area (Å²) in [5.41, 5.74) is 3.55. The molecule has 0 aromatic heterocycles. The fourth-order valence-corrected chi connectivity index (χ4v) is 3.24. The summed E-state index contributed by atoms with van der Waals surface area (Å²) in [5.74, 6) is 0.973. The van der Waals surface area contributed by atoms with Crippen LogP contribution in [-0.4, -0.2) is 25.6 Å². The van der Waals surface area contributed by atoms with Crippen LogP contribution in [0.25, 0.3) is 11.1 Å². The van der Waals surface area contributed by atoms with Gasteiger partial charge in [0.25, 0.3) is 0 Å². The molecule has 0 atom stereocenters. The van der Waals surface area contributed by atoms with E-state index < -0.39 is 0 Å². The Hall–Kier alpha value is -2.13. The minimum atomic E-state index is -0.308. The first-order valence-corrected chi connectivity index (χ1v) is 11.1. The van der Waals surface area contributed by atoms with E-state index in [2.05, 4.69) is 64.1 Å². The van der Waals surface area contributed by atoms with Crippen molar-refractivity contribution in [3.63, 3.8) is 0 Å². The molecule has 0 aliphatic heterocycles. The van der Waals surface area contributed by atoms with E-state index >= 15 is 0 Å². The Morgan fingerprint density at radius 1 is 0.833 bits per heavy atom. The molecule has 0 saturated carbocycles. The van der Waals surface area contributed by atoms with Crippen LogP contribution in [0.5, 0.6) is 5.75 Å². The highest BCUT2D eigenvalue weighted by Gasteiger charge is 2.26. The maximum atomic E-state index is 12.3. The van der Waals surface area contributed by atoms with Gasteiger partial charge in [-0.25, -0.2) is 0 Å². The summed E-state index contributed by atoms with van der Waals surface area (Å²) in [7, 11) is 0. The molecule has 0 heterocycles. The maximum Gasteiger partial charge on any atom is 0.164 e. The van der Waals surface area contributed by atoms with E-state index in [-0.39, 0.29) is 23.2 Å². The van der Waals surface area contributed by atoms with Gasteiger partial charge in [-0.3, -0.25) is 4.79 Å². The highest BCUT2D eigenvalue weighted by Crippen LogP contribution is 2.27. The standard InChI is InChI=1S/C27H38O3/c1-7-8-17-27(5,6)25(28)20-29-18-19-30-24-15-11-22(12-16-24)21-9-13-23(14-10-21)26(2,3)4/h9-16H,7-8,17-20H2,1-6H3. The quantitative estimate of drug-likeness (QED) is 0.381. The first-order chi connectivity index (χ1) is 14.1. The molecule has 0 spiro atoms. The van der Waals surface area contributed by atoms with Crippen molar-refractivity contribution in [1.29, 1.82) is 0 Å². The Bertz CT molecular complexity index is 780. The molecule has 0 bridgehead atoms. The molecule has 2 aromatic carbocycles. The molecule has 30 heavy (non-hydrogen) atoms. The molecule has 0 aliphatic rings. The third kappa shape index (κ3) is 7.28. The monoisotopic (exact) mass is 410 g/mol. The minimum absolute atomic E-state index is 0.156. The summed E-state index contributed by atoms with van der Waals surface area (Å²) in [6.07, 6.45) is 3.08. The molecule has 3 nitrogen and oxygen atoms in total. The van der Waals surface area contributed by atoms with E-state index in [4.69, 9.17) is 9.47 Å². The summed E-state index contributed by atoms with van der Waals surface area (Å²) in [6.45, 7) is 13.8. The van der Waals surface area contributed by atoms with E-state index in [0.717, 1.165) is 25.0 Å². The van der Waals surface area contributed by atoms with Gasteiger partial charge >= 0.3 is 0 Å². The second kappa shape index (κ2) is 10.8. The number of hydrogen-bond acceptors (Lipinski definition) is 3. The lowest BCUT2D eigenvalue weighted by atomic mass is 9.83. The number of hydrogen-bond donors (Lipinski definition) is 0. The van der Waals surface area contributed by atoms with E-state index in [1.165, 1.54) is 16.7 Å². The van der Waals surface area contributed by atoms with E-state index in [9.17, 15) is 4.79 Å². The molecule has 3 heteroatoms. The van der Waals surface area contributed by atoms with Gasteiger partial charge in [0.1, 0.15) is 19.0 Å². The molecule has 164 valence electrons. The van der Waals surface area contributed by atoms with Crippen molar-refractivity contribution in [2.45, 2.75) is 66.2 Å². The predicted molar refractivity (Wildman–Crippen MR) is 125 cm³/mol. The van der Waals surface area contributed by atoms with Gasteiger partial charge in [0.15, 0.2) is 5.78 Å². The van der Waals surface area contributed by atoms with Crippen LogP contribution in [0, 0.1) is 5.41 Å². The zero-order valence-electron chi connectivity index (χ0n) is 19.6. The van der Waals surface area contributed by atoms with Gasteiger partial charge in [-0.1, -0.05) is 90.8 Å². The number of ketones is 1. The van der Waals surface area contributed by atoms with Crippen LogP contribution < -0.4 is 4.74 Å². The van der Waals surface area contributed by atoms with Crippen LogP contribution in [0.4, 0.5) is 0 Å². The first kappa shape index (κ1) is 24.1. The maximum absolute atomic E-state index is 12.3. The summed E-state index contributed by atoms with van der Waals surface area (Å²) < 4.78 is 11.3. The fraction of sp³-hybridized carbons (Fsp3) is 0.519. The summed E-state index contributed by atoms with van der Waals surface area (Å²) in [6, 6.07) is 16.8. The SMILES string of the molecule is CCCCC(C)(C)C(=O)COCCOc1ccc(-c2ccc(C(C)(C)C)cc2)cc1. The molecule has 0 N–H and O–H groups in total. The van der Waals surface area contributed by atoms with Crippen molar-refractivity contribution in [3.05, 3.63) is 54.1 Å². The number of rotatable bonds is 11. The third-order valence-electron chi connectivity index (χ3n) is 5.58. The molecule has 0 amide bonds. The zero-order chi connectivity index (χ0) is 22.2. The van der Waals surface area contributed by atoms with Crippen molar-refractivity contribution < 1.29 is 14.3 Å². The van der Waals surface area contributed by atoms with Gasteiger partial charge in [-0.15, -0.1) is 0 Å². The van der Waals surface area contributed by atoms with Gasteiger partial charge in [0.05, 0.1) is 6.61 Å². The minimum Gasteiger partial charge on any atom is -0.491 e. The second-order valence-electron chi connectivity index (χ2n) is 9.66. The molecular formula is C27H38O3. The highest BCUT2D eigenvalue weighted by molar-refractivity contribution is 5.85. The topological polar surface area (TPSA) is 35.5 Å². The Labute approximate surface area is 182 Å². The smallest absolute Gasteiger partial charge is 0.164 e. The number of Topliss-reactive ketones (excluding diaryl/α,β-unsaturated/α-hetero) is 1. The molecule has 2 rings (SSSR count). The van der Waals surface area contributed by atoms with Crippen molar-refractivity contribution in [1.82, 2.24) is 0 Å². The lowest BCUT2D eigenvalue weighted by Crippen LogP contribution is -2.29. The summed E-state index contributed by atoms with van der Waals surface area (Å²) >= 11 is 0. The number of unbranched alkanes of at least 4 members (excludes halogenated alkanes) is 1. The Kier molecular flexibility index (Phi) is 8.66. The number of benzene rings is 2.